The van der Waals surface area contributed by atoms with Gasteiger partial charge in [0.15, 0.2) is 11.5 Å². The third-order valence-corrected chi connectivity index (χ3v) is 3.84. The van der Waals surface area contributed by atoms with Crippen LogP contribution in [0.15, 0.2) is 39.5 Å². The van der Waals surface area contributed by atoms with Crippen molar-refractivity contribution < 1.29 is 18.6 Å². The van der Waals surface area contributed by atoms with Crippen LogP contribution in [0, 0.1) is 0 Å². The first-order valence-corrected chi connectivity index (χ1v) is 7.94. The lowest BCUT2D eigenvalue weighted by Crippen LogP contribution is -2.05. The molecular weight excluding hydrogens is 346 g/mol. The highest BCUT2D eigenvalue weighted by Gasteiger charge is 2.16. The summed E-state index contributed by atoms with van der Waals surface area (Å²) >= 11 is 6.07. The number of fused-ring (bicyclic) bond motifs is 1. The largest absolute Gasteiger partial charge is 0.493 e. The van der Waals surface area contributed by atoms with E-state index in [0.29, 0.717) is 45.3 Å². The Bertz CT molecular complexity index is 983. The maximum Gasteiger partial charge on any atom is 0.347 e. The average molecular weight is 362 g/mol. The van der Waals surface area contributed by atoms with Crippen LogP contribution in [0.2, 0.25) is 5.02 Å². The number of hydrogen-bond acceptors (Lipinski definition) is 6. The first kappa shape index (κ1) is 17.1. The molecule has 0 fully saturated rings. The molecule has 130 valence electrons. The van der Waals surface area contributed by atoms with Crippen molar-refractivity contribution in [3.05, 3.63) is 45.8 Å². The molecule has 1 heterocycles. The SMILES string of the molecule is CCOc1ccc(Cl)cc1-c1nc2cc(OC)c(OC)cc2c(=O)o1. The summed E-state index contributed by atoms with van der Waals surface area (Å²) in [6, 6.07) is 8.22. The van der Waals surface area contributed by atoms with Gasteiger partial charge in [-0.25, -0.2) is 9.78 Å². The van der Waals surface area contributed by atoms with Crippen LogP contribution in [0.4, 0.5) is 0 Å². The van der Waals surface area contributed by atoms with Gasteiger partial charge in [-0.3, -0.25) is 0 Å². The Labute approximate surface area is 148 Å². The molecule has 0 aliphatic heterocycles. The standard InChI is InChI=1S/C18H16ClNO5/c1-4-24-14-6-5-10(19)7-12(14)17-20-13-9-16(23-3)15(22-2)8-11(13)18(21)25-17/h5-9H,4H2,1-3H3. The lowest BCUT2D eigenvalue weighted by molar-refractivity contribution is 0.340. The smallest absolute Gasteiger partial charge is 0.347 e. The monoisotopic (exact) mass is 361 g/mol. The van der Waals surface area contributed by atoms with Gasteiger partial charge in [0.1, 0.15) is 5.75 Å². The minimum atomic E-state index is -0.539. The maximum atomic E-state index is 12.4. The van der Waals surface area contributed by atoms with Crippen LogP contribution in [-0.4, -0.2) is 25.8 Å². The van der Waals surface area contributed by atoms with Crippen molar-refractivity contribution in [2.45, 2.75) is 6.92 Å². The summed E-state index contributed by atoms with van der Waals surface area (Å²) in [7, 11) is 3.01. The molecule has 0 N–H and O–H groups in total. The molecule has 0 saturated heterocycles. The minimum Gasteiger partial charge on any atom is -0.493 e. The summed E-state index contributed by atoms with van der Waals surface area (Å²) in [4.78, 5) is 16.9. The fourth-order valence-electron chi connectivity index (χ4n) is 2.47. The number of halogens is 1. The summed E-state index contributed by atoms with van der Waals surface area (Å²) < 4.78 is 21.4. The number of aromatic nitrogens is 1. The lowest BCUT2D eigenvalue weighted by Gasteiger charge is -2.11. The molecule has 3 rings (SSSR count). The summed E-state index contributed by atoms with van der Waals surface area (Å²) in [5, 5.41) is 0.775. The van der Waals surface area contributed by atoms with Crippen molar-refractivity contribution >= 4 is 22.5 Å². The Kier molecular flexibility index (Phi) is 4.81. The van der Waals surface area contributed by atoms with Gasteiger partial charge in [-0.05, 0) is 25.1 Å². The fraction of sp³-hybridized carbons (Fsp3) is 0.222. The molecule has 0 bridgehead atoms. The highest BCUT2D eigenvalue weighted by molar-refractivity contribution is 6.30. The highest BCUT2D eigenvalue weighted by atomic mass is 35.5. The molecule has 0 aliphatic rings. The van der Waals surface area contributed by atoms with Crippen molar-refractivity contribution in [3.8, 4) is 28.7 Å². The zero-order chi connectivity index (χ0) is 18.0. The molecular formula is C18H16ClNO5. The van der Waals surface area contributed by atoms with Crippen molar-refractivity contribution in [3.63, 3.8) is 0 Å². The van der Waals surface area contributed by atoms with E-state index in [2.05, 4.69) is 4.98 Å². The van der Waals surface area contributed by atoms with Crippen molar-refractivity contribution in [2.75, 3.05) is 20.8 Å². The zero-order valence-electron chi connectivity index (χ0n) is 14.0. The van der Waals surface area contributed by atoms with E-state index in [-0.39, 0.29) is 5.89 Å². The quantitative estimate of drug-likeness (QED) is 0.685. The van der Waals surface area contributed by atoms with Gasteiger partial charge in [0, 0.05) is 17.2 Å². The molecule has 6 nitrogen and oxygen atoms in total. The molecule has 2 aromatic carbocycles. The summed E-state index contributed by atoms with van der Waals surface area (Å²) in [5.74, 6) is 1.54. The maximum absolute atomic E-state index is 12.4. The zero-order valence-corrected chi connectivity index (χ0v) is 14.7. The minimum absolute atomic E-state index is 0.121. The van der Waals surface area contributed by atoms with Crippen LogP contribution in [0.5, 0.6) is 17.2 Å². The number of benzene rings is 2. The summed E-state index contributed by atoms with van der Waals surface area (Å²) in [6.07, 6.45) is 0. The summed E-state index contributed by atoms with van der Waals surface area (Å²) in [6.45, 7) is 2.32. The molecule has 7 heteroatoms. The van der Waals surface area contributed by atoms with Crippen LogP contribution in [0.1, 0.15) is 6.92 Å². The molecule has 25 heavy (non-hydrogen) atoms. The molecule has 0 atom stereocenters. The van der Waals surface area contributed by atoms with Gasteiger partial charge in [0.25, 0.3) is 0 Å². The Morgan fingerprint density at radius 1 is 1.08 bits per heavy atom. The van der Waals surface area contributed by atoms with E-state index in [1.165, 1.54) is 20.3 Å². The van der Waals surface area contributed by atoms with Crippen LogP contribution in [0.3, 0.4) is 0 Å². The van der Waals surface area contributed by atoms with E-state index in [0.717, 1.165) is 0 Å². The van der Waals surface area contributed by atoms with Gasteiger partial charge in [-0.1, -0.05) is 11.6 Å². The topological polar surface area (TPSA) is 70.8 Å². The number of nitrogens with zero attached hydrogens (tertiary/aromatic N) is 1. The number of rotatable bonds is 5. The average Bonchev–Trinajstić information content (AvgIpc) is 2.62. The fourth-order valence-corrected chi connectivity index (χ4v) is 2.64. The molecule has 0 radical (unpaired) electrons. The number of hydrogen-bond donors (Lipinski definition) is 0. The number of ether oxygens (including phenoxy) is 3. The van der Waals surface area contributed by atoms with Crippen molar-refractivity contribution in [1.82, 2.24) is 4.98 Å². The van der Waals surface area contributed by atoms with Gasteiger partial charge >= 0.3 is 5.63 Å². The Morgan fingerprint density at radius 2 is 1.80 bits per heavy atom. The second kappa shape index (κ2) is 7.03. The first-order chi connectivity index (χ1) is 12.1. The van der Waals surface area contributed by atoms with E-state index in [4.69, 9.17) is 30.2 Å². The van der Waals surface area contributed by atoms with Gasteiger partial charge in [-0.15, -0.1) is 0 Å². The molecule has 0 unspecified atom stereocenters. The molecule has 3 aromatic rings. The first-order valence-electron chi connectivity index (χ1n) is 7.57. The molecule has 0 aliphatic carbocycles. The van der Waals surface area contributed by atoms with Crippen LogP contribution in [-0.2, 0) is 0 Å². The van der Waals surface area contributed by atoms with E-state index < -0.39 is 5.63 Å². The Hall–Kier alpha value is -2.73. The summed E-state index contributed by atoms with van der Waals surface area (Å²) in [5.41, 5.74) is 0.387. The molecule has 0 amide bonds. The normalized spacial score (nSPS) is 10.7. The number of methoxy groups -OCH3 is 2. The highest BCUT2D eigenvalue weighted by Crippen LogP contribution is 2.34. The van der Waals surface area contributed by atoms with E-state index in [9.17, 15) is 4.79 Å². The van der Waals surface area contributed by atoms with Crippen LogP contribution < -0.4 is 19.8 Å². The molecule has 0 saturated carbocycles. The van der Waals surface area contributed by atoms with E-state index in [1.807, 2.05) is 6.92 Å². The second-order valence-corrected chi connectivity index (χ2v) is 5.54. The van der Waals surface area contributed by atoms with Crippen LogP contribution in [0.25, 0.3) is 22.4 Å². The molecule has 1 aromatic heterocycles. The van der Waals surface area contributed by atoms with Gasteiger partial charge in [0.05, 0.1) is 37.3 Å². The van der Waals surface area contributed by atoms with Gasteiger partial charge < -0.3 is 18.6 Å². The predicted octanol–water partition coefficient (Wildman–Crippen LogP) is 3.92. The molecule has 0 spiro atoms. The third-order valence-electron chi connectivity index (χ3n) is 3.61. The van der Waals surface area contributed by atoms with Gasteiger partial charge in [0.2, 0.25) is 5.89 Å². The Balaban J connectivity index is 2.25. The lowest BCUT2D eigenvalue weighted by atomic mass is 10.1. The van der Waals surface area contributed by atoms with Gasteiger partial charge in [-0.2, -0.15) is 0 Å². The van der Waals surface area contributed by atoms with E-state index in [1.54, 1.807) is 24.3 Å². The van der Waals surface area contributed by atoms with E-state index >= 15 is 0 Å². The van der Waals surface area contributed by atoms with Crippen molar-refractivity contribution in [1.29, 1.82) is 0 Å². The van der Waals surface area contributed by atoms with Crippen molar-refractivity contribution in [2.24, 2.45) is 0 Å². The Morgan fingerprint density at radius 3 is 2.48 bits per heavy atom. The van der Waals surface area contributed by atoms with Crippen LogP contribution >= 0.6 is 11.6 Å². The predicted molar refractivity (Wildman–Crippen MR) is 95.0 cm³/mol. The third kappa shape index (κ3) is 3.25. The second-order valence-electron chi connectivity index (χ2n) is 5.10.